The van der Waals surface area contributed by atoms with Gasteiger partial charge in [-0.1, -0.05) is 31.2 Å². The molecule has 1 aromatic rings. The molecule has 0 aromatic heterocycles. The molecule has 1 saturated heterocycles. The van der Waals surface area contributed by atoms with Crippen LogP contribution in [0.1, 0.15) is 43.2 Å². The van der Waals surface area contributed by atoms with Gasteiger partial charge in [-0.3, -0.25) is 4.79 Å². The Kier molecular flexibility index (Phi) is 5.59. The Hall–Kier alpha value is -2.07. The maximum atomic E-state index is 13.0. The summed E-state index contributed by atoms with van der Waals surface area (Å²) in [6.45, 7) is 4.39. The first kappa shape index (κ1) is 17.7. The SMILES string of the molecule is CCC1C=C(C(=O)N2CCCC(c3ccc(CN)cc3)C2)C=CN1C. The van der Waals surface area contributed by atoms with E-state index >= 15 is 0 Å². The van der Waals surface area contributed by atoms with Crippen molar-refractivity contribution in [1.29, 1.82) is 0 Å². The summed E-state index contributed by atoms with van der Waals surface area (Å²) < 4.78 is 0. The maximum Gasteiger partial charge on any atom is 0.253 e. The van der Waals surface area contributed by atoms with Gasteiger partial charge in [-0.2, -0.15) is 0 Å². The molecule has 25 heavy (non-hydrogen) atoms. The molecule has 1 fully saturated rings. The minimum atomic E-state index is 0.172. The maximum absolute atomic E-state index is 13.0. The van der Waals surface area contributed by atoms with E-state index in [-0.39, 0.29) is 5.91 Å². The lowest BCUT2D eigenvalue weighted by Crippen LogP contribution is -2.40. The van der Waals surface area contributed by atoms with Crippen LogP contribution in [0, 0.1) is 0 Å². The standard InChI is InChI=1S/C21H29N3O/c1-3-20-13-18(10-12-23(20)2)21(25)24-11-4-5-19(15-24)17-8-6-16(14-22)7-9-17/h6-10,12-13,19-20H,3-5,11,14-15,22H2,1-2H3. The van der Waals surface area contributed by atoms with Crippen molar-refractivity contribution in [3.63, 3.8) is 0 Å². The van der Waals surface area contributed by atoms with Gasteiger partial charge in [0.05, 0.1) is 0 Å². The Morgan fingerprint density at radius 1 is 1.28 bits per heavy atom. The normalized spacial score (nSPS) is 23.6. The van der Waals surface area contributed by atoms with Crippen molar-refractivity contribution in [3.8, 4) is 0 Å². The lowest BCUT2D eigenvalue weighted by Gasteiger charge is -2.35. The number of carbonyl (C=O) groups is 1. The number of nitrogens with two attached hydrogens (primary N) is 1. The summed E-state index contributed by atoms with van der Waals surface area (Å²) in [5.74, 6) is 0.591. The fourth-order valence-corrected chi connectivity index (χ4v) is 3.78. The van der Waals surface area contributed by atoms with Gasteiger partial charge in [0.1, 0.15) is 0 Å². The van der Waals surface area contributed by atoms with Crippen LogP contribution in [-0.4, -0.2) is 41.9 Å². The summed E-state index contributed by atoms with van der Waals surface area (Å²) in [4.78, 5) is 17.2. The average molecular weight is 339 g/mol. The Labute approximate surface area is 151 Å². The number of likely N-dealkylation sites (tertiary alicyclic amines) is 1. The van der Waals surface area contributed by atoms with Gasteiger partial charge in [0.15, 0.2) is 0 Å². The molecule has 4 heteroatoms. The molecule has 0 spiro atoms. The lowest BCUT2D eigenvalue weighted by molar-refractivity contribution is -0.128. The zero-order chi connectivity index (χ0) is 17.8. The number of likely N-dealkylation sites (N-methyl/N-ethyl adjacent to an activating group) is 1. The first-order chi connectivity index (χ1) is 12.1. The smallest absolute Gasteiger partial charge is 0.253 e. The minimum absolute atomic E-state index is 0.172. The summed E-state index contributed by atoms with van der Waals surface area (Å²) in [6, 6.07) is 8.85. The van der Waals surface area contributed by atoms with Crippen LogP contribution in [0.25, 0.3) is 0 Å². The van der Waals surface area contributed by atoms with Crippen LogP contribution >= 0.6 is 0 Å². The molecule has 2 aliphatic rings. The van der Waals surface area contributed by atoms with Crippen molar-refractivity contribution in [3.05, 3.63) is 59.3 Å². The highest BCUT2D eigenvalue weighted by atomic mass is 16.2. The van der Waals surface area contributed by atoms with Crippen molar-refractivity contribution in [2.75, 3.05) is 20.1 Å². The predicted molar refractivity (Wildman–Crippen MR) is 102 cm³/mol. The molecular formula is C21H29N3O. The predicted octanol–water partition coefficient (Wildman–Crippen LogP) is 3.02. The summed E-state index contributed by atoms with van der Waals surface area (Å²) in [5, 5.41) is 0. The average Bonchev–Trinajstić information content (AvgIpc) is 2.68. The summed E-state index contributed by atoms with van der Waals surface area (Å²) in [7, 11) is 2.06. The summed E-state index contributed by atoms with van der Waals surface area (Å²) in [5.41, 5.74) is 8.99. The van der Waals surface area contributed by atoms with E-state index in [2.05, 4.69) is 49.2 Å². The van der Waals surface area contributed by atoms with Gasteiger partial charge in [-0.05, 0) is 42.5 Å². The molecule has 2 unspecified atom stereocenters. The molecule has 2 aliphatic heterocycles. The number of benzene rings is 1. The van der Waals surface area contributed by atoms with Crippen molar-refractivity contribution < 1.29 is 4.79 Å². The van der Waals surface area contributed by atoms with E-state index in [1.165, 1.54) is 5.56 Å². The Balaban J connectivity index is 1.70. The van der Waals surface area contributed by atoms with Crippen LogP contribution in [-0.2, 0) is 11.3 Å². The van der Waals surface area contributed by atoms with Gasteiger partial charge in [0.25, 0.3) is 5.91 Å². The van der Waals surface area contributed by atoms with E-state index in [0.717, 1.165) is 43.5 Å². The summed E-state index contributed by atoms with van der Waals surface area (Å²) >= 11 is 0. The highest BCUT2D eigenvalue weighted by Gasteiger charge is 2.27. The summed E-state index contributed by atoms with van der Waals surface area (Å²) in [6.07, 6.45) is 9.29. The van der Waals surface area contributed by atoms with Crippen molar-refractivity contribution in [2.24, 2.45) is 5.73 Å². The molecule has 1 amide bonds. The Morgan fingerprint density at radius 2 is 2.04 bits per heavy atom. The molecule has 0 radical (unpaired) electrons. The molecule has 2 atom stereocenters. The Bertz CT molecular complexity index is 662. The van der Waals surface area contributed by atoms with Crippen LogP contribution in [0.2, 0.25) is 0 Å². The van der Waals surface area contributed by atoms with Crippen LogP contribution in [0.15, 0.2) is 48.2 Å². The second-order valence-corrected chi connectivity index (χ2v) is 7.11. The molecule has 134 valence electrons. The molecule has 4 nitrogen and oxygen atoms in total. The third kappa shape index (κ3) is 3.96. The number of amides is 1. The first-order valence-corrected chi connectivity index (χ1v) is 9.32. The van der Waals surface area contributed by atoms with Crippen LogP contribution in [0.5, 0.6) is 0 Å². The fraction of sp³-hybridized carbons (Fsp3) is 0.476. The van der Waals surface area contributed by atoms with Gasteiger partial charge in [0.2, 0.25) is 0 Å². The van der Waals surface area contributed by atoms with Crippen molar-refractivity contribution >= 4 is 5.91 Å². The van der Waals surface area contributed by atoms with E-state index in [9.17, 15) is 4.79 Å². The minimum Gasteiger partial charge on any atom is -0.374 e. The van der Waals surface area contributed by atoms with Gasteiger partial charge in [0, 0.05) is 50.4 Å². The highest BCUT2D eigenvalue weighted by molar-refractivity contribution is 5.96. The van der Waals surface area contributed by atoms with Crippen molar-refractivity contribution in [2.45, 2.75) is 44.7 Å². The number of nitrogens with zero attached hydrogens (tertiary/aromatic N) is 2. The Morgan fingerprint density at radius 3 is 2.72 bits per heavy atom. The second-order valence-electron chi connectivity index (χ2n) is 7.11. The van der Waals surface area contributed by atoms with E-state index < -0.39 is 0 Å². The van der Waals surface area contributed by atoms with Gasteiger partial charge >= 0.3 is 0 Å². The van der Waals surface area contributed by atoms with E-state index in [1.54, 1.807) is 0 Å². The number of hydrogen-bond donors (Lipinski definition) is 1. The van der Waals surface area contributed by atoms with Crippen LogP contribution in [0.3, 0.4) is 0 Å². The van der Waals surface area contributed by atoms with Gasteiger partial charge in [-0.25, -0.2) is 0 Å². The quantitative estimate of drug-likeness (QED) is 0.917. The molecule has 2 N–H and O–H groups in total. The highest BCUT2D eigenvalue weighted by Crippen LogP contribution is 2.28. The third-order valence-electron chi connectivity index (χ3n) is 5.44. The van der Waals surface area contributed by atoms with Gasteiger partial charge < -0.3 is 15.5 Å². The second kappa shape index (κ2) is 7.87. The number of carbonyl (C=O) groups excluding carboxylic acids is 1. The fourth-order valence-electron chi connectivity index (χ4n) is 3.78. The number of rotatable bonds is 4. The number of piperidine rings is 1. The zero-order valence-corrected chi connectivity index (χ0v) is 15.3. The molecule has 2 heterocycles. The molecule has 3 rings (SSSR count). The van der Waals surface area contributed by atoms with Crippen LogP contribution < -0.4 is 5.73 Å². The van der Waals surface area contributed by atoms with E-state index in [0.29, 0.717) is 18.5 Å². The first-order valence-electron chi connectivity index (χ1n) is 9.32. The lowest BCUT2D eigenvalue weighted by atomic mass is 9.89. The molecular weight excluding hydrogens is 310 g/mol. The molecule has 0 aliphatic carbocycles. The van der Waals surface area contributed by atoms with E-state index in [1.807, 2.05) is 17.2 Å². The molecule has 0 bridgehead atoms. The molecule has 0 saturated carbocycles. The number of hydrogen-bond acceptors (Lipinski definition) is 3. The van der Waals surface area contributed by atoms with Gasteiger partial charge in [-0.15, -0.1) is 0 Å². The van der Waals surface area contributed by atoms with Crippen LogP contribution in [0.4, 0.5) is 0 Å². The van der Waals surface area contributed by atoms with Crippen molar-refractivity contribution in [1.82, 2.24) is 9.80 Å². The topological polar surface area (TPSA) is 49.6 Å². The third-order valence-corrected chi connectivity index (χ3v) is 5.44. The zero-order valence-electron chi connectivity index (χ0n) is 15.3. The molecule has 1 aromatic carbocycles. The largest absolute Gasteiger partial charge is 0.374 e. The van der Waals surface area contributed by atoms with E-state index in [4.69, 9.17) is 5.73 Å². The monoisotopic (exact) mass is 339 g/mol.